The zero-order valence-corrected chi connectivity index (χ0v) is 7.34. The molecule has 0 saturated carbocycles. The van der Waals surface area contributed by atoms with Gasteiger partial charge in [-0.15, -0.1) is 5.10 Å². The maximum Gasteiger partial charge on any atom is 0.271 e. The summed E-state index contributed by atoms with van der Waals surface area (Å²) in [6.45, 7) is 3.84. The van der Waals surface area contributed by atoms with E-state index in [4.69, 9.17) is 17.5 Å². The molecule has 1 aromatic rings. The van der Waals surface area contributed by atoms with Gasteiger partial charge in [-0.05, 0) is 0 Å². The molecule has 7 nitrogen and oxygen atoms in total. The Morgan fingerprint density at radius 1 is 1.58 bits per heavy atom. The van der Waals surface area contributed by atoms with E-state index in [-0.39, 0.29) is 0 Å². The van der Waals surface area contributed by atoms with Crippen LogP contribution in [0.15, 0.2) is 0 Å². The molecule has 12 heavy (non-hydrogen) atoms. The Hall–Kier alpha value is -0.990. The average molecular weight is 195 g/mol. The predicted octanol–water partition coefficient (Wildman–Crippen LogP) is -1.15. The first-order chi connectivity index (χ1) is 5.29. The summed E-state index contributed by atoms with van der Waals surface area (Å²) in [4.78, 5) is 2.97. The number of nitrogens with zero attached hydrogens (tertiary/aromatic N) is 1. The summed E-state index contributed by atoms with van der Waals surface area (Å²) in [6.07, 6.45) is 0. The Morgan fingerprint density at radius 3 is 2.08 bits per heavy atom. The van der Waals surface area contributed by atoms with E-state index < -0.39 is 10.4 Å². The zero-order chi connectivity index (χ0) is 9.78. The SMILES string of the molecule is Cc1n[nH]c(C)[nH+]1.O=S(=O)([O-])O. The van der Waals surface area contributed by atoms with E-state index in [0.29, 0.717) is 0 Å². The van der Waals surface area contributed by atoms with Gasteiger partial charge in [0.25, 0.3) is 5.82 Å². The molecule has 1 aromatic heterocycles. The Morgan fingerprint density at radius 2 is 2.00 bits per heavy atom. The number of hydrogen-bond acceptors (Lipinski definition) is 4. The van der Waals surface area contributed by atoms with Gasteiger partial charge < -0.3 is 4.55 Å². The molecular formula is C4H9N3O4S. The largest absolute Gasteiger partial charge is 0.726 e. The number of H-pyrrole nitrogens is 2. The summed E-state index contributed by atoms with van der Waals surface area (Å²) in [7, 11) is -4.92. The van der Waals surface area contributed by atoms with Gasteiger partial charge in [0.05, 0.1) is 0 Å². The van der Waals surface area contributed by atoms with Gasteiger partial charge in [0.15, 0.2) is 0 Å². The fourth-order valence-electron chi connectivity index (χ4n) is 0.495. The van der Waals surface area contributed by atoms with E-state index in [0.717, 1.165) is 11.6 Å². The normalized spacial score (nSPS) is 10.3. The molecule has 0 atom stereocenters. The third kappa shape index (κ3) is 9.01. The first-order valence-corrected chi connectivity index (χ1v) is 4.24. The zero-order valence-electron chi connectivity index (χ0n) is 6.53. The van der Waals surface area contributed by atoms with E-state index in [9.17, 15) is 0 Å². The first kappa shape index (κ1) is 11.0. The number of aryl methyl sites for hydroxylation is 2. The van der Waals surface area contributed by atoms with Crippen LogP contribution in [0.5, 0.6) is 0 Å². The van der Waals surface area contributed by atoms with Crippen LogP contribution in [-0.4, -0.2) is 27.7 Å². The Labute approximate surface area is 69.4 Å². The Balaban J connectivity index is 0.000000217. The number of aromatic nitrogens is 3. The van der Waals surface area contributed by atoms with Crippen molar-refractivity contribution in [2.45, 2.75) is 13.8 Å². The molecule has 3 N–H and O–H groups in total. The summed E-state index contributed by atoms with van der Waals surface area (Å²) in [5.41, 5.74) is 0. The van der Waals surface area contributed by atoms with Crippen LogP contribution in [0.1, 0.15) is 11.6 Å². The third-order valence-corrected chi connectivity index (χ3v) is 0.760. The van der Waals surface area contributed by atoms with Gasteiger partial charge in [-0.25, -0.2) is 13.4 Å². The van der Waals surface area contributed by atoms with E-state index in [2.05, 4.69) is 15.2 Å². The summed E-state index contributed by atoms with van der Waals surface area (Å²) in [5.74, 6) is 1.93. The first-order valence-electron chi connectivity index (χ1n) is 2.88. The van der Waals surface area contributed by atoms with Crippen LogP contribution in [-0.2, 0) is 10.4 Å². The summed E-state index contributed by atoms with van der Waals surface area (Å²) >= 11 is 0. The van der Waals surface area contributed by atoms with E-state index >= 15 is 0 Å². The molecule has 0 aliphatic carbocycles. The molecule has 0 saturated heterocycles. The Kier molecular flexibility index (Phi) is 3.80. The highest BCUT2D eigenvalue weighted by Crippen LogP contribution is 1.74. The minimum Gasteiger partial charge on any atom is -0.726 e. The minimum absolute atomic E-state index is 0.928. The molecular weight excluding hydrogens is 186 g/mol. The predicted molar refractivity (Wildman–Crippen MR) is 36.9 cm³/mol. The van der Waals surface area contributed by atoms with Crippen molar-refractivity contribution < 1.29 is 22.5 Å². The van der Waals surface area contributed by atoms with Crippen LogP contribution < -0.4 is 4.98 Å². The standard InChI is InChI=1S/C4H7N3.H2O4S/c1-3-5-4(2)7-6-3;1-5(2,3)4/h1-2H3,(H,5,6,7);(H2,1,2,3,4). The maximum atomic E-state index is 8.63. The van der Waals surface area contributed by atoms with E-state index in [1.807, 2.05) is 13.8 Å². The van der Waals surface area contributed by atoms with E-state index in [1.165, 1.54) is 0 Å². The monoisotopic (exact) mass is 195 g/mol. The van der Waals surface area contributed by atoms with Crippen molar-refractivity contribution in [3.05, 3.63) is 11.6 Å². The van der Waals surface area contributed by atoms with Gasteiger partial charge in [-0.3, -0.25) is 4.55 Å². The van der Waals surface area contributed by atoms with Crippen LogP contribution in [0.2, 0.25) is 0 Å². The lowest BCUT2D eigenvalue weighted by atomic mass is 10.7. The van der Waals surface area contributed by atoms with Crippen molar-refractivity contribution in [3.63, 3.8) is 0 Å². The van der Waals surface area contributed by atoms with Gasteiger partial charge in [0.2, 0.25) is 16.2 Å². The highest BCUT2D eigenvalue weighted by Gasteiger charge is 1.95. The highest BCUT2D eigenvalue weighted by molar-refractivity contribution is 7.79. The molecule has 1 heterocycles. The van der Waals surface area contributed by atoms with Crippen LogP contribution in [0.25, 0.3) is 0 Å². The van der Waals surface area contributed by atoms with Crippen molar-refractivity contribution in [2.24, 2.45) is 0 Å². The smallest absolute Gasteiger partial charge is 0.271 e. The molecule has 70 valence electrons. The summed E-state index contributed by atoms with van der Waals surface area (Å²) < 4.78 is 32.8. The minimum atomic E-state index is -4.92. The van der Waals surface area contributed by atoms with Gasteiger partial charge in [0, 0.05) is 18.9 Å². The van der Waals surface area contributed by atoms with Gasteiger partial charge in [-0.2, -0.15) is 0 Å². The van der Waals surface area contributed by atoms with Crippen molar-refractivity contribution in [2.75, 3.05) is 0 Å². The van der Waals surface area contributed by atoms with Crippen molar-refractivity contribution in [1.29, 1.82) is 0 Å². The van der Waals surface area contributed by atoms with Gasteiger partial charge >= 0.3 is 0 Å². The molecule has 1 rings (SSSR count). The number of rotatable bonds is 0. The van der Waals surface area contributed by atoms with E-state index in [1.54, 1.807) is 0 Å². The number of nitrogens with one attached hydrogen (secondary N) is 2. The summed E-state index contributed by atoms with van der Waals surface area (Å²) in [6, 6.07) is 0. The topological polar surface area (TPSA) is 120 Å². The molecule has 0 radical (unpaired) electrons. The molecule has 0 unspecified atom stereocenters. The lowest BCUT2D eigenvalue weighted by Gasteiger charge is -1.88. The quantitative estimate of drug-likeness (QED) is 0.399. The highest BCUT2D eigenvalue weighted by atomic mass is 32.3. The molecule has 0 aromatic carbocycles. The lowest BCUT2D eigenvalue weighted by Crippen LogP contribution is -2.04. The average Bonchev–Trinajstić information content (AvgIpc) is 2.09. The lowest BCUT2D eigenvalue weighted by molar-refractivity contribution is -0.396. The van der Waals surface area contributed by atoms with Crippen molar-refractivity contribution >= 4 is 10.4 Å². The van der Waals surface area contributed by atoms with Gasteiger partial charge in [-0.1, -0.05) is 0 Å². The summed E-state index contributed by atoms with van der Waals surface area (Å²) in [5, 5.41) is 6.60. The second-order valence-electron chi connectivity index (χ2n) is 1.99. The number of hydrogen-bond donors (Lipinski definition) is 2. The van der Waals surface area contributed by atoms with Crippen LogP contribution in [0.3, 0.4) is 0 Å². The molecule has 8 heteroatoms. The van der Waals surface area contributed by atoms with Crippen molar-refractivity contribution in [3.8, 4) is 0 Å². The number of aromatic amines is 2. The van der Waals surface area contributed by atoms with Crippen LogP contribution >= 0.6 is 0 Å². The fraction of sp³-hybridized carbons (Fsp3) is 0.500. The fourth-order valence-corrected chi connectivity index (χ4v) is 0.495. The molecule has 0 bridgehead atoms. The molecule has 0 spiro atoms. The molecule has 0 aliphatic rings. The maximum absolute atomic E-state index is 8.63. The van der Waals surface area contributed by atoms with Crippen LogP contribution in [0.4, 0.5) is 0 Å². The third-order valence-electron chi connectivity index (χ3n) is 0.760. The van der Waals surface area contributed by atoms with Crippen molar-refractivity contribution in [1.82, 2.24) is 10.2 Å². The second-order valence-corrected chi connectivity index (χ2v) is 2.84. The Bertz CT molecular complexity index is 305. The van der Waals surface area contributed by atoms with Crippen LogP contribution in [0, 0.1) is 13.8 Å². The molecule has 0 amide bonds. The van der Waals surface area contributed by atoms with Gasteiger partial charge in [0.1, 0.15) is 0 Å². The second kappa shape index (κ2) is 4.14. The molecule has 0 fully saturated rings. The molecule has 0 aliphatic heterocycles.